The second-order valence-corrected chi connectivity index (χ2v) is 23.8. The molecule has 41 heavy (non-hydrogen) atoms. The Morgan fingerprint density at radius 2 is 0.659 bits per heavy atom. The van der Waals surface area contributed by atoms with Crippen LogP contribution in [0.2, 0.25) is 7.25 Å². The van der Waals surface area contributed by atoms with Gasteiger partial charge in [0.15, 0.2) is 0 Å². The van der Waals surface area contributed by atoms with Gasteiger partial charge in [-0.1, -0.05) is 0 Å². The van der Waals surface area contributed by atoms with E-state index >= 15 is 0 Å². The standard InChI is InChI=1S/2C14H22O.2C5H5.Zr/c2*1-13(2,3)10-7-11(14(4,5)6)9-12(15)8-10;2*1-2-4-5-3-1;/h2*7-9,15H,1-6H3;2*1-5H;/q;;;;+2/p-2. The Labute approximate surface area is 256 Å². The van der Waals surface area contributed by atoms with E-state index < -0.39 is 21.1 Å². The van der Waals surface area contributed by atoms with Crippen molar-refractivity contribution < 1.29 is 26.8 Å². The van der Waals surface area contributed by atoms with E-state index in [9.17, 15) is 0 Å². The van der Waals surface area contributed by atoms with Crippen molar-refractivity contribution >= 4 is 0 Å². The van der Waals surface area contributed by atoms with Crippen LogP contribution in [-0.2, 0) is 42.8 Å². The number of hydrogen-bond acceptors (Lipinski definition) is 2. The van der Waals surface area contributed by atoms with E-state index in [1.165, 1.54) is 22.3 Å². The molecule has 0 amide bonds. The SMILES string of the molecule is CC(C)(C)c1cc([O][Zr]([O]c2cc(C(C)(C)C)cc(C(C)(C)C)c2)([CH]2C=CC=C2)[CH]2C=CC=C2)cc(C(C)(C)C)c1. The molecular weight excluding hydrogens is 580 g/mol. The normalized spacial score (nSPS) is 16.7. The predicted molar refractivity (Wildman–Crippen MR) is 173 cm³/mol. The van der Waals surface area contributed by atoms with E-state index in [2.05, 4.69) is 168 Å². The van der Waals surface area contributed by atoms with Crippen LogP contribution in [0, 0.1) is 0 Å². The fourth-order valence-corrected chi connectivity index (χ4v) is 14.0. The van der Waals surface area contributed by atoms with Crippen LogP contribution in [0.4, 0.5) is 0 Å². The second-order valence-electron chi connectivity index (χ2n) is 16.0. The first kappa shape index (κ1) is 31.8. The number of rotatable bonds is 6. The van der Waals surface area contributed by atoms with Gasteiger partial charge in [0.1, 0.15) is 0 Å². The van der Waals surface area contributed by atoms with Crippen LogP contribution < -0.4 is 5.63 Å². The first-order valence-electron chi connectivity index (χ1n) is 15.2. The Kier molecular flexibility index (Phi) is 8.68. The van der Waals surface area contributed by atoms with Crippen LogP contribution in [0.3, 0.4) is 0 Å². The fraction of sp³-hybridized carbons (Fsp3) is 0.474. The van der Waals surface area contributed by atoms with Gasteiger partial charge in [-0.3, -0.25) is 0 Å². The first-order valence-corrected chi connectivity index (χ1v) is 20.0. The zero-order valence-corrected chi connectivity index (χ0v) is 30.0. The average molecular weight is 632 g/mol. The average Bonchev–Trinajstić information content (AvgIpc) is 3.56. The maximum atomic E-state index is 7.48. The number of allylic oxidation sites excluding steroid dienone is 8. The topological polar surface area (TPSA) is 18.5 Å². The number of benzene rings is 2. The maximum absolute atomic E-state index is 7.48. The van der Waals surface area contributed by atoms with Gasteiger partial charge in [0.25, 0.3) is 0 Å². The Morgan fingerprint density at radius 3 is 0.878 bits per heavy atom. The summed E-state index contributed by atoms with van der Waals surface area (Å²) in [5, 5.41) is 0. The quantitative estimate of drug-likeness (QED) is 0.316. The molecule has 2 aliphatic carbocycles. The van der Waals surface area contributed by atoms with Gasteiger partial charge in [0.05, 0.1) is 0 Å². The summed E-state index contributed by atoms with van der Waals surface area (Å²) in [5.74, 6) is 1.87. The number of hydrogen-bond donors (Lipinski definition) is 0. The molecule has 0 atom stereocenters. The molecule has 220 valence electrons. The van der Waals surface area contributed by atoms with Gasteiger partial charge in [-0.25, -0.2) is 0 Å². The summed E-state index contributed by atoms with van der Waals surface area (Å²) in [4.78, 5) is 0. The Morgan fingerprint density at radius 1 is 0.415 bits per heavy atom. The van der Waals surface area contributed by atoms with Gasteiger partial charge in [-0.05, 0) is 0 Å². The third-order valence-corrected chi connectivity index (χ3v) is 17.4. The van der Waals surface area contributed by atoms with E-state index in [0.29, 0.717) is 0 Å². The molecule has 0 fully saturated rings. The molecule has 4 rings (SSSR count). The minimum atomic E-state index is -4.15. The summed E-state index contributed by atoms with van der Waals surface area (Å²) in [5.41, 5.74) is 5.17. The zero-order chi connectivity index (χ0) is 30.4. The van der Waals surface area contributed by atoms with Gasteiger partial charge >= 0.3 is 258 Å². The molecule has 0 saturated carbocycles. The van der Waals surface area contributed by atoms with E-state index in [1.807, 2.05) is 0 Å². The van der Waals surface area contributed by atoms with Crippen LogP contribution in [0.15, 0.2) is 85.0 Å². The Hall–Kier alpha value is -2.12. The molecule has 2 aliphatic rings. The van der Waals surface area contributed by atoms with Crippen LogP contribution >= 0.6 is 0 Å². The van der Waals surface area contributed by atoms with Crippen molar-refractivity contribution in [2.75, 3.05) is 0 Å². The van der Waals surface area contributed by atoms with Gasteiger partial charge < -0.3 is 0 Å². The summed E-state index contributed by atoms with van der Waals surface area (Å²) in [7, 11) is 0. The van der Waals surface area contributed by atoms with Gasteiger partial charge in [0, 0.05) is 0 Å². The first-order chi connectivity index (χ1) is 18.8. The van der Waals surface area contributed by atoms with Crippen molar-refractivity contribution in [1.29, 1.82) is 0 Å². The molecule has 2 aromatic carbocycles. The van der Waals surface area contributed by atoms with Crippen molar-refractivity contribution in [3.8, 4) is 11.5 Å². The van der Waals surface area contributed by atoms with Crippen molar-refractivity contribution in [2.24, 2.45) is 0 Å². The molecule has 0 aliphatic heterocycles. The van der Waals surface area contributed by atoms with E-state index in [0.717, 1.165) is 11.5 Å². The Balaban J connectivity index is 1.94. The fourth-order valence-electron chi connectivity index (χ4n) is 5.33. The predicted octanol–water partition coefficient (Wildman–Crippen LogP) is 11.1. The molecule has 0 aromatic heterocycles. The second kappa shape index (κ2) is 11.2. The minimum absolute atomic E-state index is 0.00137. The summed E-state index contributed by atoms with van der Waals surface area (Å²) < 4.78 is 15.2. The molecule has 0 N–H and O–H groups in total. The van der Waals surface area contributed by atoms with Crippen molar-refractivity contribution in [3.63, 3.8) is 0 Å². The molecule has 2 nitrogen and oxygen atoms in total. The van der Waals surface area contributed by atoms with Crippen LogP contribution in [-0.4, -0.2) is 0 Å². The summed E-state index contributed by atoms with van der Waals surface area (Å²) in [6.45, 7) is 27.4. The molecule has 0 saturated heterocycles. The third-order valence-electron chi connectivity index (χ3n) is 8.26. The van der Waals surface area contributed by atoms with E-state index in [-0.39, 0.29) is 28.9 Å². The van der Waals surface area contributed by atoms with Gasteiger partial charge in [-0.15, -0.1) is 0 Å². The van der Waals surface area contributed by atoms with Gasteiger partial charge in [-0.2, -0.15) is 0 Å². The molecule has 0 radical (unpaired) electrons. The third kappa shape index (κ3) is 7.28. The molecule has 0 unspecified atom stereocenters. The Bertz CT molecular complexity index is 1180. The molecular formula is C38H52O2Zr. The van der Waals surface area contributed by atoms with Crippen LogP contribution in [0.1, 0.15) is 105 Å². The van der Waals surface area contributed by atoms with Crippen LogP contribution in [0.5, 0.6) is 11.5 Å². The zero-order valence-electron chi connectivity index (χ0n) is 27.6. The summed E-state index contributed by atoms with van der Waals surface area (Å²) >= 11 is -4.15. The van der Waals surface area contributed by atoms with Crippen molar-refractivity contribution in [2.45, 2.75) is 112 Å². The summed E-state index contributed by atoms with van der Waals surface area (Å²) in [6.07, 6.45) is 17.8. The van der Waals surface area contributed by atoms with E-state index in [1.54, 1.807) is 0 Å². The molecule has 0 spiro atoms. The molecule has 0 heterocycles. The van der Waals surface area contributed by atoms with E-state index in [4.69, 9.17) is 5.63 Å². The summed E-state index contributed by atoms with van der Waals surface area (Å²) in [6, 6.07) is 13.8. The monoisotopic (exact) mass is 630 g/mol. The molecule has 0 bridgehead atoms. The van der Waals surface area contributed by atoms with Crippen molar-refractivity contribution in [3.05, 3.63) is 107 Å². The van der Waals surface area contributed by atoms with Gasteiger partial charge in [0.2, 0.25) is 0 Å². The van der Waals surface area contributed by atoms with Crippen molar-refractivity contribution in [1.82, 2.24) is 0 Å². The molecule has 2 aromatic rings. The van der Waals surface area contributed by atoms with Crippen LogP contribution in [0.25, 0.3) is 0 Å². The molecule has 3 heteroatoms.